The standard InChI is InChI=1S/C16H24N4O/c21-16(17-13-4-2-1-3-5-13)19-8-9-20-14(11-19)10-15(18-20)12-6-7-12/h10,12-13H,1-9,11H2,(H,17,21). The Morgan fingerprint density at radius 1 is 1.14 bits per heavy atom. The highest BCUT2D eigenvalue weighted by atomic mass is 16.2. The molecule has 3 aliphatic rings. The van der Waals surface area contributed by atoms with E-state index in [0.717, 1.165) is 25.9 Å². The van der Waals surface area contributed by atoms with Crippen molar-refractivity contribution < 1.29 is 4.79 Å². The molecule has 0 atom stereocenters. The fourth-order valence-corrected chi connectivity index (χ4v) is 3.55. The van der Waals surface area contributed by atoms with Crippen LogP contribution in [0.2, 0.25) is 0 Å². The van der Waals surface area contributed by atoms with Crippen molar-refractivity contribution in [2.75, 3.05) is 6.54 Å². The van der Waals surface area contributed by atoms with Gasteiger partial charge < -0.3 is 10.2 Å². The number of amides is 2. The Bertz CT molecular complexity index is 528. The summed E-state index contributed by atoms with van der Waals surface area (Å²) in [6.45, 7) is 2.32. The third-order valence-electron chi connectivity index (χ3n) is 5.03. The van der Waals surface area contributed by atoms with E-state index >= 15 is 0 Å². The number of carbonyl (C=O) groups excluding carboxylic acids is 1. The van der Waals surface area contributed by atoms with Crippen LogP contribution < -0.4 is 5.32 Å². The van der Waals surface area contributed by atoms with Crippen LogP contribution in [-0.2, 0) is 13.1 Å². The molecule has 0 bridgehead atoms. The predicted octanol–water partition coefficient (Wildman–Crippen LogP) is 2.62. The number of fused-ring (bicyclic) bond motifs is 1. The number of nitrogens with one attached hydrogen (secondary N) is 1. The van der Waals surface area contributed by atoms with Crippen LogP contribution in [0, 0.1) is 0 Å². The summed E-state index contributed by atoms with van der Waals surface area (Å²) in [4.78, 5) is 14.4. The second-order valence-corrected chi connectivity index (χ2v) is 6.76. The summed E-state index contributed by atoms with van der Waals surface area (Å²) >= 11 is 0. The van der Waals surface area contributed by atoms with Gasteiger partial charge in [-0.15, -0.1) is 0 Å². The Balaban J connectivity index is 1.38. The molecule has 1 aromatic heterocycles. The van der Waals surface area contributed by atoms with Crippen LogP contribution in [-0.4, -0.2) is 33.3 Å². The first kappa shape index (κ1) is 13.2. The van der Waals surface area contributed by atoms with Gasteiger partial charge in [-0.1, -0.05) is 19.3 Å². The molecule has 0 saturated heterocycles. The molecule has 21 heavy (non-hydrogen) atoms. The first-order valence-corrected chi connectivity index (χ1v) is 8.41. The Morgan fingerprint density at radius 3 is 2.71 bits per heavy atom. The zero-order chi connectivity index (χ0) is 14.2. The maximum atomic E-state index is 12.4. The Hall–Kier alpha value is -1.52. The molecule has 1 N–H and O–H groups in total. The molecule has 2 saturated carbocycles. The minimum absolute atomic E-state index is 0.113. The third-order valence-corrected chi connectivity index (χ3v) is 5.03. The number of hydrogen-bond acceptors (Lipinski definition) is 2. The molecule has 0 spiro atoms. The van der Waals surface area contributed by atoms with Gasteiger partial charge in [-0.05, 0) is 31.7 Å². The molecular formula is C16H24N4O. The van der Waals surface area contributed by atoms with Crippen LogP contribution >= 0.6 is 0 Å². The molecular weight excluding hydrogens is 264 g/mol. The largest absolute Gasteiger partial charge is 0.335 e. The number of carbonyl (C=O) groups is 1. The minimum Gasteiger partial charge on any atom is -0.335 e. The molecule has 2 fully saturated rings. The normalized spacial score (nSPS) is 23.0. The predicted molar refractivity (Wildman–Crippen MR) is 80.0 cm³/mol. The Labute approximate surface area is 125 Å². The lowest BCUT2D eigenvalue weighted by atomic mass is 9.96. The van der Waals surface area contributed by atoms with Crippen molar-refractivity contribution in [2.45, 2.75) is 70.0 Å². The van der Waals surface area contributed by atoms with Crippen LogP contribution in [0.15, 0.2) is 6.07 Å². The van der Waals surface area contributed by atoms with E-state index < -0.39 is 0 Å². The van der Waals surface area contributed by atoms with E-state index in [-0.39, 0.29) is 6.03 Å². The van der Waals surface area contributed by atoms with Crippen molar-refractivity contribution in [1.82, 2.24) is 20.0 Å². The van der Waals surface area contributed by atoms with E-state index in [2.05, 4.69) is 21.2 Å². The van der Waals surface area contributed by atoms with Crippen LogP contribution in [0.3, 0.4) is 0 Å². The lowest BCUT2D eigenvalue weighted by Gasteiger charge is -2.31. The molecule has 2 amide bonds. The number of hydrogen-bond donors (Lipinski definition) is 1. The van der Waals surface area contributed by atoms with Crippen molar-refractivity contribution in [3.8, 4) is 0 Å². The summed E-state index contributed by atoms with van der Waals surface area (Å²) in [7, 11) is 0. The highest BCUT2D eigenvalue weighted by Gasteiger charge is 2.30. The second kappa shape index (κ2) is 5.35. The van der Waals surface area contributed by atoms with Gasteiger partial charge in [0.15, 0.2) is 0 Å². The second-order valence-electron chi connectivity index (χ2n) is 6.76. The van der Waals surface area contributed by atoms with Gasteiger partial charge in [0.1, 0.15) is 0 Å². The first-order valence-electron chi connectivity index (χ1n) is 8.41. The lowest BCUT2D eigenvalue weighted by molar-refractivity contribution is 0.174. The minimum atomic E-state index is 0.113. The number of aromatic nitrogens is 2. The molecule has 0 aromatic carbocycles. The topological polar surface area (TPSA) is 50.2 Å². The molecule has 2 aliphatic carbocycles. The summed E-state index contributed by atoms with van der Waals surface area (Å²) in [5.74, 6) is 0.688. The van der Waals surface area contributed by atoms with Gasteiger partial charge in [0, 0.05) is 18.5 Å². The van der Waals surface area contributed by atoms with Crippen molar-refractivity contribution in [2.24, 2.45) is 0 Å². The fraction of sp³-hybridized carbons (Fsp3) is 0.750. The molecule has 0 radical (unpaired) electrons. The molecule has 0 unspecified atom stereocenters. The van der Waals surface area contributed by atoms with Gasteiger partial charge in [-0.2, -0.15) is 5.10 Å². The van der Waals surface area contributed by atoms with Crippen LogP contribution in [0.4, 0.5) is 4.79 Å². The number of rotatable bonds is 2. The lowest BCUT2D eigenvalue weighted by Crippen LogP contribution is -2.48. The summed E-state index contributed by atoms with van der Waals surface area (Å²) in [6, 6.07) is 2.71. The Kier molecular flexibility index (Phi) is 3.36. The van der Waals surface area contributed by atoms with E-state index in [4.69, 9.17) is 0 Å². The molecule has 1 aliphatic heterocycles. The average Bonchev–Trinajstić information content (AvgIpc) is 3.27. The van der Waals surface area contributed by atoms with Crippen molar-refractivity contribution in [1.29, 1.82) is 0 Å². The van der Waals surface area contributed by atoms with E-state index in [1.807, 2.05) is 4.90 Å². The van der Waals surface area contributed by atoms with Gasteiger partial charge >= 0.3 is 6.03 Å². The number of nitrogens with zero attached hydrogens (tertiary/aromatic N) is 3. The van der Waals surface area contributed by atoms with Gasteiger partial charge in [-0.3, -0.25) is 4.68 Å². The third kappa shape index (κ3) is 2.78. The maximum absolute atomic E-state index is 12.4. The first-order chi connectivity index (χ1) is 10.3. The van der Waals surface area contributed by atoms with Crippen molar-refractivity contribution in [3.05, 3.63) is 17.5 Å². The SMILES string of the molecule is O=C(NC1CCCCC1)N1CCn2nc(C3CC3)cc2C1. The molecule has 5 heteroatoms. The molecule has 114 valence electrons. The van der Waals surface area contributed by atoms with Gasteiger partial charge in [0.25, 0.3) is 0 Å². The van der Waals surface area contributed by atoms with E-state index in [0.29, 0.717) is 18.5 Å². The van der Waals surface area contributed by atoms with Gasteiger partial charge in [-0.25, -0.2) is 4.79 Å². The molecule has 2 heterocycles. The monoisotopic (exact) mass is 288 g/mol. The maximum Gasteiger partial charge on any atom is 0.318 e. The zero-order valence-corrected chi connectivity index (χ0v) is 12.6. The molecule has 1 aromatic rings. The summed E-state index contributed by atoms with van der Waals surface area (Å²) in [6.07, 6.45) is 8.67. The summed E-state index contributed by atoms with van der Waals surface area (Å²) < 4.78 is 2.10. The van der Waals surface area contributed by atoms with Crippen LogP contribution in [0.25, 0.3) is 0 Å². The van der Waals surface area contributed by atoms with E-state index in [1.54, 1.807) is 0 Å². The zero-order valence-electron chi connectivity index (χ0n) is 12.6. The van der Waals surface area contributed by atoms with E-state index in [1.165, 1.54) is 43.5 Å². The van der Waals surface area contributed by atoms with E-state index in [9.17, 15) is 4.79 Å². The Morgan fingerprint density at radius 2 is 1.95 bits per heavy atom. The summed E-state index contributed by atoms with van der Waals surface area (Å²) in [5.41, 5.74) is 2.43. The average molecular weight is 288 g/mol. The summed E-state index contributed by atoms with van der Waals surface area (Å²) in [5, 5.41) is 7.90. The molecule has 5 nitrogen and oxygen atoms in total. The molecule has 4 rings (SSSR count). The quantitative estimate of drug-likeness (QED) is 0.909. The number of urea groups is 1. The fourth-order valence-electron chi connectivity index (χ4n) is 3.55. The highest BCUT2D eigenvalue weighted by molar-refractivity contribution is 5.74. The highest BCUT2D eigenvalue weighted by Crippen LogP contribution is 2.39. The van der Waals surface area contributed by atoms with Crippen LogP contribution in [0.5, 0.6) is 0 Å². The van der Waals surface area contributed by atoms with Gasteiger partial charge in [0.2, 0.25) is 0 Å². The van der Waals surface area contributed by atoms with Gasteiger partial charge in [0.05, 0.1) is 24.5 Å². The van der Waals surface area contributed by atoms with Crippen molar-refractivity contribution in [3.63, 3.8) is 0 Å². The van der Waals surface area contributed by atoms with Crippen molar-refractivity contribution >= 4 is 6.03 Å². The van der Waals surface area contributed by atoms with Crippen LogP contribution in [0.1, 0.15) is 62.3 Å². The smallest absolute Gasteiger partial charge is 0.318 e.